The predicted molar refractivity (Wildman–Crippen MR) is 98.4 cm³/mol. The Morgan fingerprint density at radius 3 is 2.64 bits per heavy atom. The van der Waals surface area contributed by atoms with Gasteiger partial charge in [0.25, 0.3) is 5.91 Å². The van der Waals surface area contributed by atoms with Crippen molar-refractivity contribution in [1.82, 2.24) is 4.90 Å². The van der Waals surface area contributed by atoms with Crippen LogP contribution in [0.3, 0.4) is 0 Å². The minimum absolute atomic E-state index is 0.105. The number of hydrogen-bond donors (Lipinski definition) is 0. The molecule has 0 N–H and O–H groups in total. The van der Waals surface area contributed by atoms with Gasteiger partial charge < -0.3 is 9.64 Å². The van der Waals surface area contributed by atoms with Crippen molar-refractivity contribution in [3.63, 3.8) is 0 Å². The van der Waals surface area contributed by atoms with Crippen LogP contribution < -0.4 is 0 Å². The van der Waals surface area contributed by atoms with Gasteiger partial charge in [-0.05, 0) is 50.8 Å². The summed E-state index contributed by atoms with van der Waals surface area (Å²) in [5.41, 5.74) is 0.433. The molecule has 1 aliphatic rings. The number of sulfone groups is 1. The highest BCUT2D eigenvalue weighted by Gasteiger charge is 2.25. The van der Waals surface area contributed by atoms with Crippen molar-refractivity contribution in [1.29, 1.82) is 0 Å². The molecule has 0 saturated carbocycles. The van der Waals surface area contributed by atoms with Crippen LogP contribution in [0.25, 0.3) is 0 Å². The van der Waals surface area contributed by atoms with Crippen LogP contribution in [0.1, 0.15) is 37.0 Å². The number of carbonyl (C=O) groups excluding carboxylic acids is 1. The Morgan fingerprint density at radius 2 is 2.04 bits per heavy atom. The lowest BCUT2D eigenvalue weighted by atomic mass is 9.97. The molecule has 1 aliphatic heterocycles. The molecule has 138 valence electrons. The van der Waals surface area contributed by atoms with E-state index in [0.29, 0.717) is 37.8 Å². The van der Waals surface area contributed by atoms with Crippen molar-refractivity contribution < 1.29 is 17.9 Å². The molecule has 5 nitrogen and oxygen atoms in total. The third-order valence-corrected chi connectivity index (χ3v) is 6.67. The van der Waals surface area contributed by atoms with Crippen LogP contribution in [0.4, 0.5) is 0 Å². The topological polar surface area (TPSA) is 63.7 Å². The first kappa shape index (κ1) is 19.7. The van der Waals surface area contributed by atoms with E-state index < -0.39 is 15.1 Å². The number of likely N-dealkylation sites (tertiary alicyclic amines) is 1. The maximum absolute atomic E-state index is 12.7. The molecule has 1 saturated heterocycles. The maximum Gasteiger partial charge on any atom is 0.253 e. The van der Waals surface area contributed by atoms with E-state index in [9.17, 15) is 13.2 Å². The molecular weight excluding hydrogens is 338 g/mol. The summed E-state index contributed by atoms with van der Waals surface area (Å²) in [6.45, 7) is 9.49. The Balaban J connectivity index is 2.01. The molecule has 1 amide bonds. The number of carbonyl (C=O) groups is 1. The van der Waals surface area contributed by atoms with Crippen LogP contribution in [-0.2, 0) is 14.6 Å². The second-order valence-electron chi connectivity index (χ2n) is 6.68. The van der Waals surface area contributed by atoms with Crippen LogP contribution in [0.2, 0.25) is 0 Å². The van der Waals surface area contributed by atoms with Gasteiger partial charge >= 0.3 is 0 Å². The Labute approximate surface area is 150 Å². The third kappa shape index (κ3) is 4.92. The second kappa shape index (κ2) is 8.63. The molecule has 1 aromatic rings. The molecule has 0 unspecified atom stereocenters. The zero-order valence-electron chi connectivity index (χ0n) is 15.0. The van der Waals surface area contributed by atoms with Gasteiger partial charge in [0.15, 0.2) is 9.84 Å². The lowest BCUT2D eigenvalue weighted by Gasteiger charge is -2.32. The minimum Gasteiger partial charge on any atom is -0.377 e. The molecule has 2 rings (SSSR count). The number of benzene rings is 1. The highest BCUT2D eigenvalue weighted by Crippen LogP contribution is 2.22. The molecule has 1 fully saturated rings. The number of nitrogens with zero attached hydrogens (tertiary/aromatic N) is 1. The Kier molecular flexibility index (Phi) is 6.79. The first-order valence-corrected chi connectivity index (χ1v) is 10.2. The molecular formula is C19H27NO4S. The number of hydrogen-bond acceptors (Lipinski definition) is 4. The Hall–Kier alpha value is -1.66. The molecule has 25 heavy (non-hydrogen) atoms. The summed E-state index contributed by atoms with van der Waals surface area (Å²) in [5, 5.41) is -0.510. The lowest BCUT2D eigenvalue weighted by molar-refractivity contribution is 0.0575. The normalized spacial score (nSPS) is 16.2. The van der Waals surface area contributed by atoms with E-state index in [0.717, 1.165) is 12.8 Å². The van der Waals surface area contributed by atoms with Crippen LogP contribution in [0, 0.1) is 5.92 Å². The summed E-state index contributed by atoms with van der Waals surface area (Å²) in [5.74, 6) is 0.350. The summed E-state index contributed by atoms with van der Waals surface area (Å²) < 4.78 is 30.1. The summed E-state index contributed by atoms with van der Waals surface area (Å²) in [6, 6.07) is 6.37. The van der Waals surface area contributed by atoms with Gasteiger partial charge in [-0.2, -0.15) is 0 Å². The molecule has 0 bridgehead atoms. The zero-order chi connectivity index (χ0) is 18.4. The molecule has 0 radical (unpaired) electrons. The summed E-state index contributed by atoms with van der Waals surface area (Å²) in [7, 11) is -3.38. The highest BCUT2D eigenvalue weighted by molar-refractivity contribution is 7.92. The van der Waals surface area contributed by atoms with E-state index >= 15 is 0 Å². The Morgan fingerprint density at radius 1 is 1.36 bits per heavy atom. The maximum atomic E-state index is 12.7. The van der Waals surface area contributed by atoms with E-state index in [-0.39, 0.29) is 10.8 Å². The number of piperidine rings is 1. The average Bonchev–Trinajstić information content (AvgIpc) is 2.62. The first-order valence-electron chi connectivity index (χ1n) is 8.68. The van der Waals surface area contributed by atoms with Crippen molar-refractivity contribution in [3.8, 4) is 0 Å². The van der Waals surface area contributed by atoms with E-state index in [4.69, 9.17) is 4.74 Å². The monoisotopic (exact) mass is 365 g/mol. The molecule has 6 heteroatoms. The first-order chi connectivity index (χ1) is 11.9. The average molecular weight is 365 g/mol. The van der Waals surface area contributed by atoms with Crippen molar-refractivity contribution >= 4 is 15.7 Å². The standard InChI is InChI=1S/C19H27NO4S/c1-4-12-24-14-16-8-10-20(11-9-16)19(21)17-6-5-7-18(13-17)25(22,23)15(2)3/h4-7,13,15-16H,1,8-12,14H2,2-3H3. The fraction of sp³-hybridized carbons (Fsp3) is 0.526. The zero-order valence-corrected chi connectivity index (χ0v) is 15.8. The summed E-state index contributed by atoms with van der Waals surface area (Å²) in [6.07, 6.45) is 3.52. The largest absolute Gasteiger partial charge is 0.377 e. The van der Waals surface area contributed by atoms with Crippen molar-refractivity contribution in [2.45, 2.75) is 36.8 Å². The van der Waals surface area contributed by atoms with Crippen LogP contribution >= 0.6 is 0 Å². The fourth-order valence-electron chi connectivity index (χ4n) is 2.88. The van der Waals surface area contributed by atoms with Gasteiger partial charge in [0.2, 0.25) is 0 Å². The highest BCUT2D eigenvalue weighted by atomic mass is 32.2. The van der Waals surface area contributed by atoms with E-state index in [1.807, 2.05) is 0 Å². The minimum atomic E-state index is -3.38. The molecule has 1 heterocycles. The lowest BCUT2D eigenvalue weighted by Crippen LogP contribution is -2.39. The van der Waals surface area contributed by atoms with Crippen molar-refractivity contribution in [3.05, 3.63) is 42.5 Å². The van der Waals surface area contributed by atoms with Gasteiger partial charge in [-0.3, -0.25) is 4.79 Å². The SMILES string of the molecule is C=CCOCC1CCN(C(=O)c2cccc(S(=O)(=O)C(C)C)c2)CC1. The van der Waals surface area contributed by atoms with Crippen LogP contribution in [-0.4, -0.2) is 50.8 Å². The second-order valence-corrected chi connectivity index (χ2v) is 9.19. The summed E-state index contributed by atoms with van der Waals surface area (Å²) >= 11 is 0. The van der Waals surface area contributed by atoms with E-state index in [1.54, 1.807) is 43.0 Å². The number of rotatable bonds is 7. The van der Waals surface area contributed by atoms with Crippen molar-refractivity contribution in [2.75, 3.05) is 26.3 Å². The smallest absolute Gasteiger partial charge is 0.253 e. The molecule has 1 aromatic carbocycles. The molecule has 0 aromatic heterocycles. The number of amides is 1. The predicted octanol–water partition coefficient (Wildman–Crippen LogP) is 2.92. The fourth-order valence-corrected chi connectivity index (χ4v) is 3.99. The van der Waals surface area contributed by atoms with Gasteiger partial charge in [-0.25, -0.2) is 8.42 Å². The van der Waals surface area contributed by atoms with Gasteiger partial charge in [0.05, 0.1) is 16.8 Å². The van der Waals surface area contributed by atoms with Crippen molar-refractivity contribution in [2.24, 2.45) is 5.92 Å². The summed E-state index contributed by atoms with van der Waals surface area (Å²) in [4.78, 5) is 14.7. The van der Waals surface area contributed by atoms with E-state index in [1.165, 1.54) is 6.07 Å². The van der Waals surface area contributed by atoms with Gasteiger partial charge in [-0.1, -0.05) is 12.1 Å². The molecule has 0 spiro atoms. The molecule has 0 atom stereocenters. The molecule has 0 aliphatic carbocycles. The van der Waals surface area contributed by atoms with E-state index in [2.05, 4.69) is 6.58 Å². The van der Waals surface area contributed by atoms with Crippen LogP contribution in [0.5, 0.6) is 0 Å². The van der Waals surface area contributed by atoms with Gasteiger partial charge in [-0.15, -0.1) is 6.58 Å². The number of ether oxygens (including phenoxy) is 1. The quantitative estimate of drug-likeness (QED) is 0.550. The van der Waals surface area contributed by atoms with Gasteiger partial charge in [0, 0.05) is 25.3 Å². The Bertz CT molecular complexity index is 704. The van der Waals surface area contributed by atoms with Gasteiger partial charge in [0.1, 0.15) is 0 Å². The van der Waals surface area contributed by atoms with Crippen LogP contribution in [0.15, 0.2) is 41.8 Å². The third-order valence-electron chi connectivity index (χ3n) is 4.52.